The number of nitrogens with two attached hydrogens (primary N) is 1. The number of anilines is 1. The molecule has 0 fully saturated rings. The van der Waals surface area contributed by atoms with E-state index in [4.69, 9.17) is 10.5 Å². The van der Waals surface area contributed by atoms with Crippen LogP contribution in [0, 0.1) is 5.82 Å². The second kappa shape index (κ2) is 5.78. The Labute approximate surface area is 110 Å². The molecule has 2 aromatic rings. The second-order valence-corrected chi connectivity index (χ2v) is 4.84. The molecule has 94 valence electrons. The fraction of sp³-hybridized carbons (Fsp3) is 0.143. The van der Waals surface area contributed by atoms with Gasteiger partial charge in [-0.05, 0) is 35.9 Å². The molecule has 0 bridgehead atoms. The maximum absolute atomic E-state index is 13.1. The van der Waals surface area contributed by atoms with E-state index in [1.54, 1.807) is 13.2 Å². The van der Waals surface area contributed by atoms with Gasteiger partial charge in [-0.15, -0.1) is 11.8 Å². The Hall–Kier alpha value is -1.68. The zero-order chi connectivity index (χ0) is 13.0. The number of hydrogen-bond donors (Lipinski definition) is 1. The molecular weight excluding hydrogens is 249 g/mol. The van der Waals surface area contributed by atoms with Crippen molar-refractivity contribution in [3.63, 3.8) is 0 Å². The van der Waals surface area contributed by atoms with Crippen LogP contribution in [-0.2, 0) is 5.75 Å². The van der Waals surface area contributed by atoms with E-state index in [2.05, 4.69) is 0 Å². The van der Waals surface area contributed by atoms with Gasteiger partial charge < -0.3 is 10.5 Å². The lowest BCUT2D eigenvalue weighted by Gasteiger charge is -2.06. The van der Waals surface area contributed by atoms with Gasteiger partial charge in [0.2, 0.25) is 0 Å². The van der Waals surface area contributed by atoms with Crippen LogP contribution < -0.4 is 10.5 Å². The standard InChI is InChI=1S/C14H14FNOS/c1-17-12-5-2-10(3-6-12)9-18-14-8-11(15)4-7-13(14)16/h2-8H,9,16H2,1H3. The Morgan fingerprint density at radius 1 is 1.17 bits per heavy atom. The van der Waals surface area contributed by atoms with Gasteiger partial charge >= 0.3 is 0 Å². The molecular formula is C14H14FNOS. The number of methoxy groups -OCH3 is 1. The Morgan fingerprint density at radius 3 is 2.56 bits per heavy atom. The summed E-state index contributed by atoms with van der Waals surface area (Å²) in [4.78, 5) is 0.769. The molecule has 2 aromatic carbocycles. The fourth-order valence-corrected chi connectivity index (χ4v) is 2.46. The van der Waals surface area contributed by atoms with Gasteiger partial charge in [0.05, 0.1) is 7.11 Å². The summed E-state index contributed by atoms with van der Waals surface area (Å²) in [7, 11) is 1.64. The van der Waals surface area contributed by atoms with Crippen molar-refractivity contribution < 1.29 is 9.13 Å². The van der Waals surface area contributed by atoms with Crippen molar-refractivity contribution in [1.29, 1.82) is 0 Å². The van der Waals surface area contributed by atoms with Gasteiger partial charge in [-0.25, -0.2) is 4.39 Å². The lowest BCUT2D eigenvalue weighted by Crippen LogP contribution is -1.90. The minimum absolute atomic E-state index is 0.263. The Balaban J connectivity index is 2.04. The van der Waals surface area contributed by atoms with Crippen LogP contribution in [0.3, 0.4) is 0 Å². The highest BCUT2D eigenvalue weighted by atomic mass is 32.2. The van der Waals surface area contributed by atoms with Crippen molar-refractivity contribution in [3.8, 4) is 5.75 Å². The van der Waals surface area contributed by atoms with E-state index in [9.17, 15) is 4.39 Å². The van der Waals surface area contributed by atoms with E-state index >= 15 is 0 Å². The molecule has 0 heterocycles. The van der Waals surface area contributed by atoms with E-state index in [-0.39, 0.29) is 5.82 Å². The first kappa shape index (κ1) is 12.8. The van der Waals surface area contributed by atoms with Gasteiger partial charge in [0.15, 0.2) is 0 Å². The van der Waals surface area contributed by atoms with Crippen LogP contribution in [0.15, 0.2) is 47.4 Å². The molecule has 18 heavy (non-hydrogen) atoms. The van der Waals surface area contributed by atoms with E-state index in [0.717, 1.165) is 22.0 Å². The first-order valence-electron chi connectivity index (χ1n) is 5.50. The number of nitrogen functional groups attached to an aromatic ring is 1. The average molecular weight is 263 g/mol. The first-order valence-corrected chi connectivity index (χ1v) is 6.48. The van der Waals surface area contributed by atoms with Gasteiger partial charge in [0, 0.05) is 16.3 Å². The molecule has 0 aliphatic heterocycles. The Morgan fingerprint density at radius 2 is 1.89 bits per heavy atom. The first-order chi connectivity index (χ1) is 8.69. The third-order valence-corrected chi connectivity index (χ3v) is 3.67. The highest BCUT2D eigenvalue weighted by Gasteiger charge is 2.03. The summed E-state index contributed by atoms with van der Waals surface area (Å²) in [6.07, 6.45) is 0. The predicted octanol–water partition coefficient (Wildman–Crippen LogP) is 3.71. The molecule has 0 aliphatic rings. The molecule has 4 heteroatoms. The van der Waals surface area contributed by atoms with Gasteiger partial charge in [-0.2, -0.15) is 0 Å². The maximum atomic E-state index is 13.1. The monoisotopic (exact) mass is 263 g/mol. The summed E-state index contributed by atoms with van der Waals surface area (Å²) in [5, 5.41) is 0. The highest BCUT2D eigenvalue weighted by molar-refractivity contribution is 7.98. The minimum Gasteiger partial charge on any atom is -0.497 e. The quantitative estimate of drug-likeness (QED) is 0.674. The van der Waals surface area contributed by atoms with Gasteiger partial charge in [-0.1, -0.05) is 12.1 Å². The maximum Gasteiger partial charge on any atom is 0.124 e. The molecule has 0 saturated heterocycles. The predicted molar refractivity (Wildman–Crippen MR) is 73.4 cm³/mol. The fourth-order valence-electron chi connectivity index (χ4n) is 1.52. The smallest absolute Gasteiger partial charge is 0.124 e. The van der Waals surface area contributed by atoms with Crippen molar-refractivity contribution in [2.24, 2.45) is 0 Å². The summed E-state index contributed by atoms with van der Waals surface area (Å²) in [6.45, 7) is 0. The Kier molecular flexibility index (Phi) is 4.10. The third-order valence-electron chi connectivity index (χ3n) is 2.53. The van der Waals surface area contributed by atoms with E-state index < -0.39 is 0 Å². The van der Waals surface area contributed by atoms with Crippen LogP contribution >= 0.6 is 11.8 Å². The lowest BCUT2D eigenvalue weighted by atomic mass is 10.2. The zero-order valence-corrected chi connectivity index (χ0v) is 10.8. The van der Waals surface area contributed by atoms with Crippen LogP contribution in [0.2, 0.25) is 0 Å². The number of benzene rings is 2. The van der Waals surface area contributed by atoms with Gasteiger partial charge in [0.1, 0.15) is 11.6 Å². The summed E-state index contributed by atoms with van der Waals surface area (Å²) in [5.74, 6) is 1.31. The van der Waals surface area contributed by atoms with Crippen molar-refractivity contribution in [2.45, 2.75) is 10.6 Å². The van der Waals surface area contributed by atoms with Crippen LogP contribution in [-0.4, -0.2) is 7.11 Å². The molecule has 0 aliphatic carbocycles. The molecule has 0 radical (unpaired) electrons. The van der Waals surface area contributed by atoms with Crippen LogP contribution in [0.5, 0.6) is 5.75 Å². The second-order valence-electron chi connectivity index (χ2n) is 3.82. The number of rotatable bonds is 4. The van der Waals surface area contributed by atoms with Gasteiger partial charge in [0.25, 0.3) is 0 Å². The number of hydrogen-bond acceptors (Lipinski definition) is 3. The average Bonchev–Trinajstić information content (AvgIpc) is 2.40. The van der Waals surface area contributed by atoms with Crippen molar-refractivity contribution in [2.75, 3.05) is 12.8 Å². The van der Waals surface area contributed by atoms with Crippen LogP contribution in [0.1, 0.15) is 5.56 Å². The molecule has 0 spiro atoms. The highest BCUT2D eigenvalue weighted by Crippen LogP contribution is 2.29. The van der Waals surface area contributed by atoms with E-state index in [1.807, 2.05) is 24.3 Å². The molecule has 2 nitrogen and oxygen atoms in total. The number of thioether (sulfide) groups is 1. The van der Waals surface area contributed by atoms with E-state index in [1.165, 1.54) is 23.9 Å². The van der Waals surface area contributed by atoms with Crippen molar-refractivity contribution >= 4 is 17.4 Å². The van der Waals surface area contributed by atoms with Crippen molar-refractivity contribution in [3.05, 3.63) is 53.8 Å². The Bertz CT molecular complexity index is 528. The molecule has 0 amide bonds. The summed E-state index contributed by atoms with van der Waals surface area (Å²) < 4.78 is 18.2. The summed E-state index contributed by atoms with van der Waals surface area (Å²) in [6, 6.07) is 12.2. The largest absolute Gasteiger partial charge is 0.497 e. The zero-order valence-electron chi connectivity index (χ0n) is 10.0. The van der Waals surface area contributed by atoms with E-state index in [0.29, 0.717) is 5.69 Å². The number of halogens is 1. The molecule has 2 rings (SSSR count). The third kappa shape index (κ3) is 3.17. The molecule has 0 aromatic heterocycles. The topological polar surface area (TPSA) is 35.2 Å². The molecule has 0 unspecified atom stereocenters. The summed E-state index contributed by atoms with van der Waals surface area (Å²) >= 11 is 1.52. The van der Waals surface area contributed by atoms with Crippen molar-refractivity contribution in [1.82, 2.24) is 0 Å². The minimum atomic E-state index is -0.263. The van der Waals surface area contributed by atoms with Crippen LogP contribution in [0.4, 0.5) is 10.1 Å². The molecule has 0 atom stereocenters. The van der Waals surface area contributed by atoms with Gasteiger partial charge in [-0.3, -0.25) is 0 Å². The molecule has 0 saturated carbocycles. The summed E-state index contributed by atoms with van der Waals surface area (Å²) in [5.41, 5.74) is 7.54. The SMILES string of the molecule is COc1ccc(CSc2cc(F)ccc2N)cc1. The normalized spacial score (nSPS) is 10.3. The lowest BCUT2D eigenvalue weighted by molar-refractivity contribution is 0.414. The van der Waals surface area contributed by atoms with Crippen LogP contribution in [0.25, 0.3) is 0 Å². The number of ether oxygens (including phenoxy) is 1. The molecule has 2 N–H and O–H groups in total.